The first kappa shape index (κ1) is 15.9. The van der Waals surface area contributed by atoms with Crippen molar-refractivity contribution in [1.82, 2.24) is 4.98 Å². The Kier molecular flexibility index (Phi) is 4.23. The minimum Gasteiger partial charge on any atom is -0.465 e. The van der Waals surface area contributed by atoms with E-state index in [9.17, 15) is 20.2 Å². The molecule has 0 spiro atoms. The molecule has 0 unspecified atom stereocenters. The highest BCUT2D eigenvalue weighted by molar-refractivity contribution is 6.01. The van der Waals surface area contributed by atoms with E-state index in [1.807, 2.05) is 6.07 Å². The maximum atomic E-state index is 12.1. The van der Waals surface area contributed by atoms with E-state index in [1.54, 1.807) is 6.92 Å². The Morgan fingerprint density at radius 2 is 2.00 bits per heavy atom. The van der Waals surface area contributed by atoms with Gasteiger partial charge in [0, 0.05) is 17.7 Å². The summed E-state index contributed by atoms with van der Waals surface area (Å²) in [6, 6.07) is 7.37. The summed E-state index contributed by atoms with van der Waals surface area (Å²) >= 11 is 0. The molecule has 0 aliphatic rings. The Bertz CT molecular complexity index is 838. The molecule has 0 saturated heterocycles. The van der Waals surface area contributed by atoms with Crippen molar-refractivity contribution in [2.24, 2.45) is 0 Å². The number of nitro benzene ring substituents is 1. The number of carbonyl (C=O) groups is 1. The molecule has 0 radical (unpaired) electrons. The Labute approximate surface area is 131 Å². The molecule has 0 atom stereocenters. The minimum atomic E-state index is -0.667. The van der Waals surface area contributed by atoms with E-state index in [2.05, 4.69) is 4.98 Å². The number of carbonyl (C=O) groups excluding carboxylic acids is 1. The molecule has 0 aliphatic heterocycles. The monoisotopic (exact) mass is 312 g/mol. The van der Waals surface area contributed by atoms with Gasteiger partial charge in [0.2, 0.25) is 0 Å². The maximum Gasteiger partial charge on any atom is 0.340 e. The molecule has 0 bridgehead atoms. The van der Waals surface area contributed by atoms with Gasteiger partial charge in [-0.2, -0.15) is 5.26 Å². The predicted molar refractivity (Wildman–Crippen MR) is 81.5 cm³/mol. The van der Waals surface area contributed by atoms with Gasteiger partial charge in [-0.15, -0.1) is 0 Å². The molecule has 1 heterocycles. The van der Waals surface area contributed by atoms with Crippen molar-refractivity contribution in [2.75, 3.05) is 12.8 Å². The van der Waals surface area contributed by atoms with E-state index >= 15 is 0 Å². The van der Waals surface area contributed by atoms with E-state index < -0.39 is 10.9 Å². The standard InChI is InChI=1S/C15H12N4O4/c1-8-12(15(20)23-2)13(11(7-16)14(17)18-8)9-3-5-10(6-4-9)19(21)22/h3-6H,1-2H3,(H2,17,18). The number of nitrogens with zero attached hydrogens (tertiary/aromatic N) is 3. The van der Waals surface area contributed by atoms with Crippen molar-refractivity contribution < 1.29 is 14.5 Å². The minimum absolute atomic E-state index is 0.0184. The maximum absolute atomic E-state index is 12.1. The number of benzene rings is 1. The zero-order valence-electron chi connectivity index (χ0n) is 12.4. The molecule has 0 saturated carbocycles. The van der Waals surface area contributed by atoms with Crippen LogP contribution >= 0.6 is 0 Å². The lowest BCUT2D eigenvalue weighted by Gasteiger charge is -2.14. The highest BCUT2D eigenvalue weighted by atomic mass is 16.6. The fourth-order valence-electron chi connectivity index (χ4n) is 2.23. The van der Waals surface area contributed by atoms with Crippen molar-refractivity contribution in [3.63, 3.8) is 0 Å². The van der Waals surface area contributed by atoms with Gasteiger partial charge in [0.25, 0.3) is 5.69 Å². The molecule has 2 N–H and O–H groups in total. The number of nitrogen functional groups attached to an aromatic ring is 1. The molecule has 1 aromatic heterocycles. The summed E-state index contributed by atoms with van der Waals surface area (Å²) < 4.78 is 4.74. The van der Waals surface area contributed by atoms with Gasteiger partial charge >= 0.3 is 5.97 Å². The zero-order chi connectivity index (χ0) is 17.1. The first-order valence-corrected chi connectivity index (χ1v) is 6.44. The number of aromatic nitrogens is 1. The Balaban J connectivity index is 2.80. The first-order chi connectivity index (χ1) is 10.9. The van der Waals surface area contributed by atoms with Gasteiger partial charge in [0.15, 0.2) is 0 Å². The van der Waals surface area contributed by atoms with E-state index in [1.165, 1.54) is 31.4 Å². The third-order valence-electron chi connectivity index (χ3n) is 3.27. The van der Waals surface area contributed by atoms with Crippen molar-refractivity contribution in [3.05, 3.63) is 51.2 Å². The normalized spacial score (nSPS) is 9.96. The second-order valence-electron chi connectivity index (χ2n) is 4.61. The summed E-state index contributed by atoms with van der Waals surface area (Å²) in [5.41, 5.74) is 6.77. The molecule has 2 aromatic rings. The third-order valence-corrected chi connectivity index (χ3v) is 3.27. The number of pyridine rings is 1. The number of hydrogen-bond acceptors (Lipinski definition) is 7. The average Bonchev–Trinajstić information content (AvgIpc) is 2.53. The number of aryl methyl sites for hydroxylation is 1. The summed E-state index contributed by atoms with van der Waals surface area (Å²) in [7, 11) is 1.21. The van der Waals surface area contributed by atoms with Crippen LogP contribution in [0, 0.1) is 28.4 Å². The summed E-state index contributed by atoms with van der Waals surface area (Å²) in [5, 5.41) is 20.1. The van der Waals surface area contributed by atoms with Crippen LogP contribution in [0.25, 0.3) is 11.1 Å². The number of non-ortho nitro benzene ring substituents is 1. The number of hydrogen-bond donors (Lipinski definition) is 1. The van der Waals surface area contributed by atoms with Crippen molar-refractivity contribution in [1.29, 1.82) is 5.26 Å². The van der Waals surface area contributed by atoms with Crippen LogP contribution in [0.15, 0.2) is 24.3 Å². The zero-order valence-corrected chi connectivity index (χ0v) is 12.4. The third kappa shape index (κ3) is 2.80. The van der Waals surface area contributed by atoms with Gasteiger partial charge in [-0.05, 0) is 24.6 Å². The van der Waals surface area contributed by atoms with Crippen molar-refractivity contribution >= 4 is 17.5 Å². The lowest BCUT2D eigenvalue weighted by molar-refractivity contribution is -0.384. The number of esters is 1. The van der Waals surface area contributed by atoms with Crippen LogP contribution in [0.2, 0.25) is 0 Å². The number of rotatable bonds is 3. The van der Waals surface area contributed by atoms with Crippen molar-refractivity contribution in [3.8, 4) is 17.2 Å². The van der Waals surface area contributed by atoms with Gasteiger partial charge in [-0.1, -0.05) is 0 Å². The number of anilines is 1. The van der Waals surface area contributed by atoms with Crippen LogP contribution in [-0.2, 0) is 4.74 Å². The fraction of sp³-hybridized carbons (Fsp3) is 0.133. The molecule has 116 valence electrons. The van der Waals surface area contributed by atoms with E-state index in [-0.39, 0.29) is 28.2 Å². The van der Waals surface area contributed by atoms with Crippen LogP contribution in [-0.4, -0.2) is 23.0 Å². The Morgan fingerprint density at radius 3 is 2.48 bits per heavy atom. The number of methoxy groups -OCH3 is 1. The SMILES string of the molecule is COC(=O)c1c(C)nc(N)c(C#N)c1-c1ccc([N+](=O)[O-])cc1. The summed E-state index contributed by atoms with van der Waals surface area (Å²) in [6.45, 7) is 1.57. The molecular weight excluding hydrogens is 300 g/mol. The first-order valence-electron chi connectivity index (χ1n) is 6.44. The summed E-state index contributed by atoms with van der Waals surface area (Å²) in [5.74, 6) is -0.689. The van der Waals surface area contributed by atoms with Crippen molar-refractivity contribution in [2.45, 2.75) is 6.92 Å². The summed E-state index contributed by atoms with van der Waals surface area (Å²) in [4.78, 5) is 26.3. The largest absolute Gasteiger partial charge is 0.465 e. The molecule has 0 amide bonds. The lowest BCUT2D eigenvalue weighted by Crippen LogP contribution is -2.12. The molecule has 0 fully saturated rings. The molecule has 23 heavy (non-hydrogen) atoms. The molecular formula is C15H12N4O4. The molecule has 0 aliphatic carbocycles. The van der Waals surface area contributed by atoms with Gasteiger partial charge in [0.05, 0.1) is 23.3 Å². The second kappa shape index (κ2) is 6.11. The summed E-state index contributed by atoms with van der Waals surface area (Å²) in [6.07, 6.45) is 0. The van der Waals surface area contributed by atoms with Crippen LogP contribution < -0.4 is 5.73 Å². The quantitative estimate of drug-likeness (QED) is 0.522. The van der Waals surface area contributed by atoms with Crippen LogP contribution in [0.4, 0.5) is 11.5 Å². The molecule has 8 heteroatoms. The van der Waals surface area contributed by atoms with E-state index in [0.717, 1.165) is 0 Å². The predicted octanol–water partition coefficient (Wildman–Crippen LogP) is 2.21. The lowest BCUT2D eigenvalue weighted by atomic mass is 9.94. The number of nitro groups is 1. The fourth-order valence-corrected chi connectivity index (χ4v) is 2.23. The molecule has 8 nitrogen and oxygen atoms in total. The number of nitrogens with two attached hydrogens (primary N) is 1. The highest BCUT2D eigenvalue weighted by Crippen LogP contribution is 2.33. The van der Waals surface area contributed by atoms with Crippen LogP contribution in [0.1, 0.15) is 21.6 Å². The van der Waals surface area contributed by atoms with Crippen LogP contribution in [0.5, 0.6) is 0 Å². The number of nitriles is 1. The van der Waals surface area contributed by atoms with Gasteiger partial charge in [-0.25, -0.2) is 9.78 Å². The molecule has 2 rings (SSSR count). The molecule has 1 aromatic carbocycles. The number of ether oxygens (including phenoxy) is 1. The van der Waals surface area contributed by atoms with E-state index in [4.69, 9.17) is 10.5 Å². The van der Waals surface area contributed by atoms with Gasteiger partial charge < -0.3 is 10.5 Å². The Hall–Kier alpha value is -3.47. The van der Waals surface area contributed by atoms with Gasteiger partial charge in [-0.3, -0.25) is 10.1 Å². The topological polar surface area (TPSA) is 132 Å². The average molecular weight is 312 g/mol. The second-order valence-corrected chi connectivity index (χ2v) is 4.61. The van der Waals surface area contributed by atoms with E-state index in [0.29, 0.717) is 11.3 Å². The smallest absolute Gasteiger partial charge is 0.340 e. The van der Waals surface area contributed by atoms with Crippen LogP contribution in [0.3, 0.4) is 0 Å². The highest BCUT2D eigenvalue weighted by Gasteiger charge is 2.24. The van der Waals surface area contributed by atoms with Gasteiger partial charge in [0.1, 0.15) is 17.5 Å². The Morgan fingerprint density at radius 1 is 1.39 bits per heavy atom.